The lowest BCUT2D eigenvalue weighted by molar-refractivity contribution is 0.912. The first-order valence-electron chi connectivity index (χ1n) is 4.43. The quantitative estimate of drug-likeness (QED) is 0.539. The zero-order valence-electron chi connectivity index (χ0n) is 7.38. The number of para-hydroxylation sites is 2. The first kappa shape index (κ1) is 7.94. The third-order valence-electron chi connectivity index (χ3n) is 2.21. The number of aromatic amines is 1. The molecule has 0 radical (unpaired) electrons. The molecular weight excluding hydrogens is 194 g/mol. The van der Waals surface area contributed by atoms with Crippen LogP contribution in [0.2, 0.25) is 0 Å². The van der Waals surface area contributed by atoms with Crippen LogP contribution in [0.4, 0.5) is 0 Å². The molecule has 0 aliphatic carbocycles. The Kier molecular flexibility index (Phi) is 1.73. The van der Waals surface area contributed by atoms with Gasteiger partial charge in [-0.2, -0.15) is 11.4 Å². The monoisotopic (exact) mass is 203 g/mol. The van der Waals surface area contributed by atoms with Crippen molar-refractivity contribution in [3.05, 3.63) is 30.1 Å². The molecule has 1 aliphatic rings. The van der Waals surface area contributed by atoms with E-state index in [0.29, 0.717) is 0 Å². The molecule has 0 saturated carbocycles. The molecule has 0 amide bonds. The molecule has 4 heteroatoms. The number of fused-ring (bicyclic) bond motifs is 1. The number of benzene rings is 1. The van der Waals surface area contributed by atoms with Crippen molar-refractivity contribution in [1.82, 2.24) is 9.97 Å². The third kappa shape index (κ3) is 1.19. The molecule has 70 valence electrons. The number of imidazole rings is 1. The molecule has 14 heavy (non-hydrogen) atoms. The maximum absolute atomic E-state index is 4.49. The number of nitrogens with one attached hydrogen (secondary N) is 1. The topological polar surface area (TPSA) is 41.0 Å². The maximum atomic E-state index is 4.49. The van der Waals surface area contributed by atoms with Crippen molar-refractivity contribution in [1.29, 1.82) is 0 Å². The second kappa shape index (κ2) is 3.06. The fourth-order valence-electron chi connectivity index (χ4n) is 1.52. The van der Waals surface area contributed by atoms with Crippen LogP contribution in [0.15, 0.2) is 29.3 Å². The van der Waals surface area contributed by atoms with Gasteiger partial charge >= 0.3 is 0 Å². The van der Waals surface area contributed by atoms with Crippen molar-refractivity contribution in [2.45, 2.75) is 6.04 Å². The van der Waals surface area contributed by atoms with E-state index in [1.165, 1.54) is 11.4 Å². The van der Waals surface area contributed by atoms with E-state index in [1.54, 1.807) is 0 Å². The van der Waals surface area contributed by atoms with Crippen molar-refractivity contribution in [3.63, 3.8) is 0 Å². The van der Waals surface area contributed by atoms with Gasteiger partial charge in [0.05, 0.1) is 11.0 Å². The largest absolute Gasteiger partial charge is 0.340 e. The first-order valence-corrected chi connectivity index (χ1v) is 5.46. The highest BCUT2D eigenvalue weighted by atomic mass is 32.1. The number of thiol groups is 1. The predicted octanol–water partition coefficient (Wildman–Crippen LogP) is 1.91. The van der Waals surface area contributed by atoms with Crippen LogP contribution < -0.4 is 0 Å². The van der Waals surface area contributed by atoms with Gasteiger partial charge in [-0.15, -0.1) is 0 Å². The second-order valence-corrected chi connectivity index (χ2v) is 3.97. The Morgan fingerprint density at radius 2 is 2.21 bits per heavy atom. The fraction of sp³-hybridized carbons (Fsp3) is 0.100. The molecule has 0 bridgehead atoms. The molecular formula is C10H9N3S. The van der Waals surface area contributed by atoms with E-state index in [4.69, 9.17) is 0 Å². The van der Waals surface area contributed by atoms with Gasteiger partial charge in [-0.05, 0) is 17.5 Å². The van der Waals surface area contributed by atoms with Gasteiger partial charge in [0, 0.05) is 5.55 Å². The minimum Gasteiger partial charge on any atom is -0.340 e. The Morgan fingerprint density at radius 1 is 1.29 bits per heavy atom. The molecule has 1 N–H and O–H groups in total. The molecule has 3 nitrogen and oxygen atoms in total. The SMILES string of the molecule is C1=NC(c2nc3ccccc3[nH]2)C=[SH]1. The summed E-state index contributed by atoms with van der Waals surface area (Å²) in [6.07, 6.45) is 0. The lowest BCUT2D eigenvalue weighted by atomic mass is 10.3. The van der Waals surface area contributed by atoms with Gasteiger partial charge in [0.15, 0.2) is 0 Å². The molecule has 1 unspecified atom stereocenters. The summed E-state index contributed by atoms with van der Waals surface area (Å²) in [6, 6.07) is 8.15. The maximum Gasteiger partial charge on any atom is 0.136 e. The highest BCUT2D eigenvalue weighted by Gasteiger charge is 2.12. The van der Waals surface area contributed by atoms with Crippen LogP contribution in [0.5, 0.6) is 0 Å². The molecule has 3 rings (SSSR count). The average molecular weight is 203 g/mol. The number of hydrogen-bond acceptors (Lipinski definition) is 2. The Hall–Kier alpha value is -1.42. The summed E-state index contributed by atoms with van der Waals surface area (Å²) in [4.78, 5) is 12.1. The van der Waals surface area contributed by atoms with E-state index in [1.807, 2.05) is 29.8 Å². The Balaban J connectivity index is 2.14. The molecule has 1 aromatic heterocycles. The number of aromatic nitrogens is 2. The minimum absolute atomic E-state index is 0.115. The van der Waals surface area contributed by atoms with Gasteiger partial charge in [0.1, 0.15) is 11.9 Å². The molecule has 1 aromatic carbocycles. The highest BCUT2D eigenvalue weighted by molar-refractivity contribution is 8.10. The van der Waals surface area contributed by atoms with Gasteiger partial charge in [-0.1, -0.05) is 12.1 Å². The molecule has 0 spiro atoms. The minimum atomic E-state index is 0.115. The zero-order valence-corrected chi connectivity index (χ0v) is 8.28. The lowest BCUT2D eigenvalue weighted by Gasteiger charge is -1.96. The van der Waals surface area contributed by atoms with Crippen molar-refractivity contribution in [3.8, 4) is 0 Å². The van der Waals surface area contributed by atoms with Crippen LogP contribution in [-0.2, 0) is 0 Å². The van der Waals surface area contributed by atoms with Gasteiger partial charge in [0.2, 0.25) is 0 Å². The van der Waals surface area contributed by atoms with E-state index in [2.05, 4.69) is 20.3 Å². The summed E-state index contributed by atoms with van der Waals surface area (Å²) < 4.78 is 0. The summed E-state index contributed by atoms with van der Waals surface area (Å²) in [5.41, 5.74) is 3.99. The van der Waals surface area contributed by atoms with E-state index in [9.17, 15) is 0 Å². The molecule has 0 saturated heterocycles. The highest BCUT2D eigenvalue weighted by Crippen LogP contribution is 2.20. The molecule has 2 heterocycles. The second-order valence-electron chi connectivity index (χ2n) is 3.15. The van der Waals surface area contributed by atoms with Crippen molar-refractivity contribution in [2.24, 2.45) is 4.99 Å². The first-order chi connectivity index (χ1) is 6.93. The van der Waals surface area contributed by atoms with Crippen LogP contribution in [0, 0.1) is 0 Å². The van der Waals surface area contributed by atoms with Crippen LogP contribution in [0.3, 0.4) is 0 Å². The smallest absolute Gasteiger partial charge is 0.136 e. The van der Waals surface area contributed by atoms with E-state index >= 15 is 0 Å². The number of H-pyrrole nitrogens is 1. The zero-order chi connectivity index (χ0) is 9.38. The van der Waals surface area contributed by atoms with Crippen LogP contribution in [-0.4, -0.2) is 20.9 Å². The molecule has 0 fully saturated rings. The van der Waals surface area contributed by atoms with Crippen LogP contribution in [0.25, 0.3) is 11.0 Å². The fourth-order valence-corrected chi connectivity index (χ4v) is 2.20. The Labute approximate surface area is 84.9 Å². The van der Waals surface area contributed by atoms with Gasteiger partial charge < -0.3 is 4.98 Å². The number of aliphatic imine (C=N–C) groups is 1. The molecule has 2 aromatic rings. The van der Waals surface area contributed by atoms with E-state index in [-0.39, 0.29) is 6.04 Å². The summed E-state index contributed by atoms with van der Waals surface area (Å²) >= 11 is 1.17. The number of nitrogens with zero attached hydrogens (tertiary/aromatic N) is 2. The van der Waals surface area contributed by atoms with Crippen molar-refractivity contribution < 1.29 is 0 Å². The Morgan fingerprint density at radius 3 is 3.00 bits per heavy atom. The lowest BCUT2D eigenvalue weighted by Crippen LogP contribution is -1.95. The predicted molar refractivity (Wildman–Crippen MR) is 62.4 cm³/mol. The van der Waals surface area contributed by atoms with Gasteiger partial charge in [0.25, 0.3) is 0 Å². The summed E-state index contributed by atoms with van der Waals surface area (Å²) in [7, 11) is 0. The Bertz CT molecular complexity index is 482. The van der Waals surface area contributed by atoms with E-state index < -0.39 is 0 Å². The average Bonchev–Trinajstić information content (AvgIpc) is 2.86. The van der Waals surface area contributed by atoms with Gasteiger partial charge in [-0.25, -0.2) is 4.98 Å². The molecule has 1 aliphatic heterocycles. The number of hydrogen-bond donors (Lipinski definition) is 2. The van der Waals surface area contributed by atoms with E-state index in [0.717, 1.165) is 16.9 Å². The summed E-state index contributed by atoms with van der Waals surface area (Å²) in [5.74, 6) is 0.937. The molecule has 1 atom stereocenters. The normalized spacial score (nSPS) is 20.1. The third-order valence-corrected chi connectivity index (χ3v) is 2.93. The summed E-state index contributed by atoms with van der Waals surface area (Å²) in [6.45, 7) is 0. The van der Waals surface area contributed by atoms with Crippen LogP contribution in [0.1, 0.15) is 11.9 Å². The van der Waals surface area contributed by atoms with Crippen molar-refractivity contribution >= 4 is 33.3 Å². The standard InChI is InChI=1S/C10H9N3S/c1-2-4-8-7(3-1)12-10(13-8)9-5-14-6-11-9/h1-6,9,14H,(H,12,13). The van der Waals surface area contributed by atoms with Gasteiger partial charge in [-0.3, -0.25) is 4.99 Å². The number of rotatable bonds is 1. The summed E-state index contributed by atoms with van der Waals surface area (Å²) in [5, 5.41) is 2.12. The van der Waals surface area contributed by atoms with Crippen molar-refractivity contribution in [2.75, 3.05) is 0 Å². The van der Waals surface area contributed by atoms with Crippen LogP contribution >= 0.6 is 11.4 Å².